The standard InChI is InChI=1S/C19H22O2/c20-11-5-1-2-8-19(21)15-9-10-18-16(13-15)12-14-6-3-4-7-17(14)18/h3-4,6-7,9-10,13,19-21H,1-2,5,8,11-12H2. The summed E-state index contributed by atoms with van der Waals surface area (Å²) in [5.74, 6) is 0. The Morgan fingerprint density at radius 2 is 1.71 bits per heavy atom. The van der Waals surface area contributed by atoms with E-state index in [1.807, 2.05) is 0 Å². The van der Waals surface area contributed by atoms with Crippen molar-refractivity contribution in [3.05, 3.63) is 59.2 Å². The zero-order valence-corrected chi connectivity index (χ0v) is 12.3. The third-order valence-electron chi connectivity index (χ3n) is 4.34. The first-order valence-corrected chi connectivity index (χ1v) is 7.79. The normalized spacial score (nSPS) is 13.8. The number of hydrogen-bond donors (Lipinski definition) is 2. The van der Waals surface area contributed by atoms with Crippen LogP contribution in [0.25, 0.3) is 11.1 Å². The lowest BCUT2D eigenvalue weighted by Gasteiger charge is -2.12. The van der Waals surface area contributed by atoms with Crippen LogP contribution in [0.2, 0.25) is 0 Å². The van der Waals surface area contributed by atoms with Gasteiger partial charge in [0.2, 0.25) is 0 Å². The summed E-state index contributed by atoms with van der Waals surface area (Å²) in [6.45, 7) is 0.243. The van der Waals surface area contributed by atoms with Crippen molar-refractivity contribution in [3.8, 4) is 11.1 Å². The number of rotatable bonds is 6. The molecule has 110 valence electrons. The molecule has 2 heteroatoms. The Morgan fingerprint density at radius 3 is 2.57 bits per heavy atom. The highest BCUT2D eigenvalue weighted by molar-refractivity contribution is 5.76. The molecule has 0 aliphatic heterocycles. The molecule has 1 unspecified atom stereocenters. The highest BCUT2D eigenvalue weighted by Gasteiger charge is 2.19. The van der Waals surface area contributed by atoms with E-state index in [0.29, 0.717) is 0 Å². The Labute approximate surface area is 126 Å². The second kappa shape index (κ2) is 6.42. The number of aliphatic hydroxyl groups excluding tert-OH is 2. The fourth-order valence-corrected chi connectivity index (χ4v) is 3.17. The van der Waals surface area contributed by atoms with Gasteiger partial charge in [0.25, 0.3) is 0 Å². The van der Waals surface area contributed by atoms with Crippen molar-refractivity contribution in [2.24, 2.45) is 0 Å². The molecular weight excluding hydrogens is 260 g/mol. The van der Waals surface area contributed by atoms with Gasteiger partial charge in [-0.2, -0.15) is 0 Å². The Bertz CT molecular complexity index is 619. The second-order valence-electron chi connectivity index (χ2n) is 5.84. The number of unbranched alkanes of at least 4 members (excludes halogenated alkanes) is 2. The number of aliphatic hydroxyl groups is 2. The van der Waals surface area contributed by atoms with Crippen LogP contribution in [0.15, 0.2) is 42.5 Å². The molecule has 0 radical (unpaired) electrons. The van der Waals surface area contributed by atoms with E-state index in [0.717, 1.165) is 37.7 Å². The Morgan fingerprint density at radius 1 is 0.905 bits per heavy atom. The van der Waals surface area contributed by atoms with Gasteiger partial charge in [-0.25, -0.2) is 0 Å². The van der Waals surface area contributed by atoms with Crippen LogP contribution in [-0.4, -0.2) is 16.8 Å². The summed E-state index contributed by atoms with van der Waals surface area (Å²) < 4.78 is 0. The predicted octanol–water partition coefficient (Wildman–Crippen LogP) is 3.84. The van der Waals surface area contributed by atoms with E-state index in [2.05, 4.69) is 42.5 Å². The van der Waals surface area contributed by atoms with Crippen molar-refractivity contribution in [3.63, 3.8) is 0 Å². The summed E-state index contributed by atoms with van der Waals surface area (Å²) in [5, 5.41) is 19.1. The van der Waals surface area contributed by atoms with Crippen LogP contribution < -0.4 is 0 Å². The molecule has 0 saturated carbocycles. The average Bonchev–Trinajstić information content (AvgIpc) is 2.89. The Kier molecular flexibility index (Phi) is 4.37. The fourth-order valence-electron chi connectivity index (χ4n) is 3.17. The van der Waals surface area contributed by atoms with Gasteiger partial charge in [0, 0.05) is 6.61 Å². The lowest BCUT2D eigenvalue weighted by atomic mass is 9.98. The lowest BCUT2D eigenvalue weighted by Crippen LogP contribution is -1.99. The lowest BCUT2D eigenvalue weighted by molar-refractivity contribution is 0.162. The van der Waals surface area contributed by atoms with Crippen LogP contribution in [0, 0.1) is 0 Å². The first-order chi connectivity index (χ1) is 10.3. The molecule has 3 rings (SSSR count). The van der Waals surface area contributed by atoms with Gasteiger partial charge in [0.15, 0.2) is 0 Å². The minimum atomic E-state index is -0.391. The molecule has 2 aromatic rings. The van der Waals surface area contributed by atoms with E-state index in [1.54, 1.807) is 0 Å². The molecule has 2 N–H and O–H groups in total. The van der Waals surface area contributed by atoms with E-state index in [9.17, 15) is 5.11 Å². The quantitative estimate of drug-likeness (QED) is 0.674. The molecule has 1 aliphatic rings. The molecule has 0 spiro atoms. The maximum absolute atomic E-state index is 10.3. The zero-order chi connectivity index (χ0) is 14.7. The molecule has 2 aromatic carbocycles. The van der Waals surface area contributed by atoms with Crippen molar-refractivity contribution in [1.82, 2.24) is 0 Å². The van der Waals surface area contributed by atoms with Crippen LogP contribution in [0.1, 0.15) is 48.5 Å². The van der Waals surface area contributed by atoms with E-state index in [4.69, 9.17) is 5.11 Å². The van der Waals surface area contributed by atoms with Crippen LogP contribution in [0.4, 0.5) is 0 Å². The van der Waals surface area contributed by atoms with Gasteiger partial charge >= 0.3 is 0 Å². The molecular formula is C19H22O2. The van der Waals surface area contributed by atoms with Gasteiger partial charge in [0.05, 0.1) is 6.10 Å². The number of hydrogen-bond acceptors (Lipinski definition) is 2. The summed E-state index contributed by atoms with van der Waals surface area (Å²) >= 11 is 0. The van der Waals surface area contributed by atoms with E-state index >= 15 is 0 Å². The molecule has 21 heavy (non-hydrogen) atoms. The van der Waals surface area contributed by atoms with E-state index < -0.39 is 6.10 Å². The molecule has 0 amide bonds. The van der Waals surface area contributed by atoms with Gasteiger partial charge in [-0.15, -0.1) is 0 Å². The summed E-state index contributed by atoms with van der Waals surface area (Å²) in [6.07, 6.45) is 4.11. The zero-order valence-electron chi connectivity index (χ0n) is 12.3. The molecule has 2 nitrogen and oxygen atoms in total. The molecule has 1 atom stereocenters. The van der Waals surface area contributed by atoms with Crippen LogP contribution in [0.3, 0.4) is 0 Å². The number of fused-ring (bicyclic) bond motifs is 3. The van der Waals surface area contributed by atoms with Crippen molar-refractivity contribution in [1.29, 1.82) is 0 Å². The van der Waals surface area contributed by atoms with E-state index in [1.165, 1.54) is 22.3 Å². The highest BCUT2D eigenvalue weighted by atomic mass is 16.3. The predicted molar refractivity (Wildman–Crippen MR) is 85.2 cm³/mol. The molecule has 0 heterocycles. The van der Waals surface area contributed by atoms with Gasteiger partial charge in [0.1, 0.15) is 0 Å². The first kappa shape index (κ1) is 14.3. The second-order valence-corrected chi connectivity index (χ2v) is 5.84. The van der Waals surface area contributed by atoms with Gasteiger partial charge in [-0.1, -0.05) is 55.3 Å². The SMILES string of the molecule is OCCCCCC(O)c1ccc2c(c1)Cc1ccccc1-2. The fraction of sp³-hybridized carbons (Fsp3) is 0.368. The van der Waals surface area contributed by atoms with E-state index in [-0.39, 0.29) is 6.61 Å². The maximum Gasteiger partial charge on any atom is 0.0790 e. The van der Waals surface area contributed by atoms with Crippen LogP contribution in [0.5, 0.6) is 0 Å². The minimum Gasteiger partial charge on any atom is -0.396 e. The molecule has 0 aromatic heterocycles. The molecule has 0 bridgehead atoms. The van der Waals surface area contributed by atoms with Crippen molar-refractivity contribution < 1.29 is 10.2 Å². The number of benzene rings is 2. The summed E-state index contributed by atoms with van der Waals surface area (Å²) in [6, 6.07) is 14.9. The van der Waals surface area contributed by atoms with Crippen LogP contribution in [-0.2, 0) is 6.42 Å². The summed E-state index contributed by atoms with van der Waals surface area (Å²) in [4.78, 5) is 0. The summed E-state index contributed by atoms with van der Waals surface area (Å²) in [7, 11) is 0. The molecule has 0 saturated heterocycles. The van der Waals surface area contributed by atoms with Crippen molar-refractivity contribution in [2.45, 2.75) is 38.2 Å². The average molecular weight is 282 g/mol. The molecule has 1 aliphatic carbocycles. The molecule has 0 fully saturated rings. The first-order valence-electron chi connectivity index (χ1n) is 7.79. The highest BCUT2D eigenvalue weighted by Crippen LogP contribution is 2.37. The van der Waals surface area contributed by atoms with Crippen molar-refractivity contribution in [2.75, 3.05) is 6.61 Å². The third kappa shape index (κ3) is 3.02. The van der Waals surface area contributed by atoms with Crippen molar-refractivity contribution >= 4 is 0 Å². The minimum absolute atomic E-state index is 0.243. The largest absolute Gasteiger partial charge is 0.396 e. The third-order valence-corrected chi connectivity index (χ3v) is 4.34. The van der Waals surface area contributed by atoms with Crippen LogP contribution >= 0.6 is 0 Å². The Balaban J connectivity index is 1.71. The smallest absolute Gasteiger partial charge is 0.0790 e. The van der Waals surface area contributed by atoms with Gasteiger partial charge in [-0.3, -0.25) is 0 Å². The topological polar surface area (TPSA) is 40.5 Å². The summed E-state index contributed by atoms with van der Waals surface area (Å²) in [5.41, 5.74) is 6.36. The maximum atomic E-state index is 10.3. The monoisotopic (exact) mass is 282 g/mol. The van der Waals surface area contributed by atoms with Gasteiger partial charge < -0.3 is 10.2 Å². The Hall–Kier alpha value is -1.64. The van der Waals surface area contributed by atoms with Gasteiger partial charge in [-0.05, 0) is 47.1 Å².